The quantitative estimate of drug-likeness (QED) is 0.419. The van der Waals surface area contributed by atoms with E-state index in [0.717, 1.165) is 44.8 Å². The molecular formula is C19H19N3O2S2. The molecule has 0 atom stereocenters. The molecule has 0 aliphatic rings. The van der Waals surface area contributed by atoms with Gasteiger partial charge < -0.3 is 13.7 Å². The molecule has 0 amide bonds. The minimum atomic E-state index is 0.652. The summed E-state index contributed by atoms with van der Waals surface area (Å²) in [4.78, 5) is 10.5. The number of benzene rings is 1. The van der Waals surface area contributed by atoms with Crippen LogP contribution < -0.4 is 0 Å². The van der Waals surface area contributed by atoms with Crippen LogP contribution in [0.2, 0.25) is 0 Å². The molecule has 0 aliphatic carbocycles. The lowest BCUT2D eigenvalue weighted by Gasteiger charge is -2.07. The number of ether oxygens (including phenoxy) is 1. The topological polar surface area (TPSA) is 53.1 Å². The zero-order chi connectivity index (χ0) is 17.9. The van der Waals surface area contributed by atoms with Crippen molar-refractivity contribution in [2.45, 2.75) is 24.4 Å². The van der Waals surface area contributed by atoms with Crippen molar-refractivity contribution in [2.75, 3.05) is 13.7 Å². The van der Waals surface area contributed by atoms with Crippen molar-refractivity contribution in [1.29, 1.82) is 0 Å². The summed E-state index contributed by atoms with van der Waals surface area (Å²) in [6, 6.07) is 12.2. The van der Waals surface area contributed by atoms with Crippen LogP contribution in [0.1, 0.15) is 11.5 Å². The molecule has 7 heteroatoms. The monoisotopic (exact) mass is 385 g/mol. The predicted molar refractivity (Wildman–Crippen MR) is 106 cm³/mol. The zero-order valence-corrected chi connectivity index (χ0v) is 16.3. The molecule has 0 saturated carbocycles. The van der Waals surface area contributed by atoms with Crippen LogP contribution in [0.15, 0.2) is 51.4 Å². The fourth-order valence-corrected chi connectivity index (χ4v) is 4.45. The molecule has 0 spiro atoms. The number of oxazole rings is 1. The Labute approximate surface area is 160 Å². The number of fused-ring (bicyclic) bond motifs is 1. The fourth-order valence-electron chi connectivity index (χ4n) is 2.76. The van der Waals surface area contributed by atoms with Crippen LogP contribution in [0.3, 0.4) is 0 Å². The van der Waals surface area contributed by atoms with E-state index in [-0.39, 0.29) is 0 Å². The van der Waals surface area contributed by atoms with Gasteiger partial charge in [0.1, 0.15) is 5.76 Å². The average molecular weight is 386 g/mol. The van der Waals surface area contributed by atoms with Crippen molar-refractivity contribution in [3.05, 3.63) is 53.2 Å². The number of rotatable bonds is 7. The minimum Gasteiger partial charge on any atom is -0.440 e. The van der Waals surface area contributed by atoms with Crippen LogP contribution in [0, 0.1) is 6.92 Å². The van der Waals surface area contributed by atoms with E-state index in [1.54, 1.807) is 30.2 Å². The second-order valence-corrected chi connectivity index (χ2v) is 7.71. The van der Waals surface area contributed by atoms with E-state index >= 15 is 0 Å². The number of nitrogens with zero attached hydrogens (tertiary/aromatic N) is 3. The van der Waals surface area contributed by atoms with Crippen molar-refractivity contribution in [3.8, 4) is 10.8 Å². The Bertz CT molecular complexity index is 1010. The number of hydrogen-bond acceptors (Lipinski definition) is 6. The van der Waals surface area contributed by atoms with E-state index in [1.807, 2.05) is 42.6 Å². The summed E-state index contributed by atoms with van der Waals surface area (Å²) < 4.78 is 13.3. The molecule has 0 saturated heterocycles. The summed E-state index contributed by atoms with van der Waals surface area (Å²) in [5.41, 5.74) is 3.09. The van der Waals surface area contributed by atoms with Gasteiger partial charge in [-0.1, -0.05) is 30.0 Å². The average Bonchev–Trinajstić information content (AvgIpc) is 3.37. The molecule has 0 N–H and O–H groups in total. The molecule has 1 aromatic carbocycles. The van der Waals surface area contributed by atoms with Crippen LogP contribution >= 0.6 is 23.1 Å². The lowest BCUT2D eigenvalue weighted by molar-refractivity contribution is 0.186. The molecule has 0 bridgehead atoms. The van der Waals surface area contributed by atoms with E-state index in [9.17, 15) is 0 Å². The Balaban J connectivity index is 1.58. The molecule has 0 fully saturated rings. The molecule has 4 rings (SSSR count). The zero-order valence-electron chi connectivity index (χ0n) is 14.6. The highest BCUT2D eigenvalue weighted by atomic mass is 32.2. The van der Waals surface area contributed by atoms with Gasteiger partial charge in [0.05, 0.1) is 28.2 Å². The van der Waals surface area contributed by atoms with Gasteiger partial charge in [-0.05, 0) is 30.5 Å². The van der Waals surface area contributed by atoms with E-state index in [1.165, 1.54) is 0 Å². The van der Waals surface area contributed by atoms with E-state index in [4.69, 9.17) is 14.1 Å². The molecule has 0 radical (unpaired) electrons. The summed E-state index contributed by atoms with van der Waals surface area (Å²) in [7, 11) is 1.72. The Kier molecular flexibility index (Phi) is 5.10. The maximum atomic E-state index is 5.84. The van der Waals surface area contributed by atoms with Gasteiger partial charge in [0.2, 0.25) is 5.89 Å². The number of imidazole rings is 1. The second-order valence-electron chi connectivity index (χ2n) is 5.82. The Hall–Kier alpha value is -2.09. The van der Waals surface area contributed by atoms with E-state index < -0.39 is 0 Å². The summed E-state index contributed by atoms with van der Waals surface area (Å²) in [5, 5.41) is 3.00. The van der Waals surface area contributed by atoms with Crippen molar-refractivity contribution < 1.29 is 9.15 Å². The Morgan fingerprint density at radius 1 is 1.19 bits per heavy atom. The van der Waals surface area contributed by atoms with Crippen molar-refractivity contribution in [1.82, 2.24) is 14.5 Å². The van der Waals surface area contributed by atoms with Gasteiger partial charge in [-0.2, -0.15) is 0 Å². The van der Waals surface area contributed by atoms with Gasteiger partial charge >= 0.3 is 0 Å². The molecule has 26 heavy (non-hydrogen) atoms. The first-order valence-corrected chi connectivity index (χ1v) is 10.2. The Morgan fingerprint density at radius 2 is 2.08 bits per heavy atom. The lowest BCUT2D eigenvalue weighted by Crippen LogP contribution is -2.05. The number of para-hydroxylation sites is 2. The van der Waals surface area contributed by atoms with Gasteiger partial charge in [-0.15, -0.1) is 11.3 Å². The number of aromatic nitrogens is 3. The minimum absolute atomic E-state index is 0.652. The molecule has 3 aromatic heterocycles. The second kappa shape index (κ2) is 7.65. The van der Waals surface area contributed by atoms with Crippen molar-refractivity contribution in [2.24, 2.45) is 0 Å². The summed E-state index contributed by atoms with van der Waals surface area (Å²) in [6.45, 7) is 3.39. The predicted octanol–water partition coefficient (Wildman–Crippen LogP) is 5.00. The van der Waals surface area contributed by atoms with E-state index in [2.05, 4.69) is 15.6 Å². The van der Waals surface area contributed by atoms with E-state index in [0.29, 0.717) is 12.5 Å². The van der Waals surface area contributed by atoms with Crippen LogP contribution in [-0.2, 0) is 17.0 Å². The highest BCUT2D eigenvalue weighted by Crippen LogP contribution is 2.30. The number of aryl methyl sites for hydroxylation is 1. The third-order valence-corrected chi connectivity index (χ3v) is 5.95. The van der Waals surface area contributed by atoms with Gasteiger partial charge in [-0.3, -0.25) is 0 Å². The number of methoxy groups -OCH3 is 1. The smallest absolute Gasteiger partial charge is 0.236 e. The SMILES string of the molecule is COCCn1c(SCc2nc(-c3cccs3)oc2C)nc2ccccc21. The first-order chi connectivity index (χ1) is 12.8. The first kappa shape index (κ1) is 17.3. The van der Waals surface area contributed by atoms with Crippen LogP contribution in [0.25, 0.3) is 21.8 Å². The molecule has 3 heterocycles. The van der Waals surface area contributed by atoms with Crippen LogP contribution in [0.4, 0.5) is 0 Å². The van der Waals surface area contributed by atoms with Crippen molar-refractivity contribution in [3.63, 3.8) is 0 Å². The van der Waals surface area contributed by atoms with Crippen LogP contribution in [0.5, 0.6) is 0 Å². The molecule has 134 valence electrons. The van der Waals surface area contributed by atoms with Crippen molar-refractivity contribution >= 4 is 34.1 Å². The summed E-state index contributed by atoms with van der Waals surface area (Å²) in [5.74, 6) is 2.28. The van der Waals surface area contributed by atoms with Crippen LogP contribution in [-0.4, -0.2) is 28.3 Å². The largest absolute Gasteiger partial charge is 0.440 e. The number of thiophene rings is 1. The number of thioether (sulfide) groups is 1. The lowest BCUT2D eigenvalue weighted by atomic mass is 10.3. The molecule has 0 aliphatic heterocycles. The van der Waals surface area contributed by atoms with Gasteiger partial charge in [0.25, 0.3) is 0 Å². The summed E-state index contributed by atoms with van der Waals surface area (Å²) in [6.07, 6.45) is 0. The molecule has 0 unspecified atom stereocenters. The first-order valence-electron chi connectivity index (χ1n) is 8.33. The normalized spacial score (nSPS) is 11.5. The fraction of sp³-hybridized carbons (Fsp3) is 0.263. The third kappa shape index (κ3) is 3.42. The molecule has 4 aromatic rings. The Morgan fingerprint density at radius 3 is 2.88 bits per heavy atom. The van der Waals surface area contributed by atoms with Gasteiger partial charge in [-0.25, -0.2) is 9.97 Å². The van der Waals surface area contributed by atoms with Gasteiger partial charge in [0, 0.05) is 19.4 Å². The standard InChI is InChI=1S/C19H19N3O2S2/c1-13-15(20-18(24-13)17-8-5-11-25-17)12-26-19-21-14-6-3-4-7-16(14)22(19)9-10-23-2/h3-8,11H,9-10,12H2,1-2H3. The maximum Gasteiger partial charge on any atom is 0.236 e. The highest BCUT2D eigenvalue weighted by Gasteiger charge is 2.15. The van der Waals surface area contributed by atoms with Gasteiger partial charge in [0.15, 0.2) is 5.16 Å². The summed E-state index contributed by atoms with van der Waals surface area (Å²) >= 11 is 3.31. The third-order valence-electron chi connectivity index (χ3n) is 4.10. The molecule has 5 nitrogen and oxygen atoms in total. The number of hydrogen-bond donors (Lipinski definition) is 0. The maximum absolute atomic E-state index is 5.84. The highest BCUT2D eigenvalue weighted by molar-refractivity contribution is 7.98. The molecular weight excluding hydrogens is 366 g/mol.